The van der Waals surface area contributed by atoms with Crippen molar-refractivity contribution in [2.24, 2.45) is 5.11 Å². The molecule has 1 aromatic carbocycles. The molecule has 7 rings (SSSR count). The van der Waals surface area contributed by atoms with Crippen LogP contribution in [0.2, 0.25) is 0 Å². The van der Waals surface area contributed by atoms with Crippen LogP contribution in [0, 0.1) is 0 Å². The normalized spacial score (nSPS) is 38.0. The third kappa shape index (κ3) is 14.9. The highest BCUT2D eigenvalue weighted by atomic mass is 16.8. The van der Waals surface area contributed by atoms with Gasteiger partial charge in [-0.3, -0.25) is 0 Å². The van der Waals surface area contributed by atoms with Crippen LogP contribution in [-0.2, 0) is 80.5 Å². The lowest BCUT2D eigenvalue weighted by atomic mass is 9.95. The molecule has 20 heteroatoms. The number of nitrogens with zero attached hydrogens (tertiary/aromatic N) is 3. The van der Waals surface area contributed by atoms with Gasteiger partial charge in [-0.1, -0.05) is 102 Å². The maximum Gasteiger partial charge on any atom is 0.187 e. The van der Waals surface area contributed by atoms with Crippen molar-refractivity contribution in [1.29, 1.82) is 0 Å². The molecule has 416 valence electrons. The highest BCUT2D eigenvalue weighted by Gasteiger charge is 2.63. The van der Waals surface area contributed by atoms with Crippen LogP contribution in [0.5, 0.6) is 0 Å². The van der Waals surface area contributed by atoms with Crippen LogP contribution < -0.4 is 0 Å². The van der Waals surface area contributed by atoms with Gasteiger partial charge in [-0.25, -0.2) is 0 Å². The first-order chi connectivity index (χ1) is 35.5. The Kier molecular flexibility index (Phi) is 23.3. The highest BCUT2D eigenvalue weighted by Crippen LogP contribution is 2.47. The summed E-state index contributed by atoms with van der Waals surface area (Å²) in [5, 5.41) is 4.20. The standard InChI is InChI=1S/C53H87N3O17/c1-10-15-25-58-30-36-38(55-56-54)41(61-28-18-13-4)44(48(57-9)66-36)69-50-45-42(71-52(7,8)72-45)39(34(6)65-50)67-49-43(62-29-19-14-5)40(37(31-63-49)60-27-17-12-3)68-51-46-53(33-64-51,32-59-26-16-11-2)73-47(70-46)35-23-21-20-22-24-35/h20-24,34,36-51H,10-19,25-33H2,1-9H3/t34-,36-,37-,38+,39+,40?,41?,42?,43?,44?,45?,46?,47+,48+,49+,50+,51+,53+/m1/s1. The van der Waals surface area contributed by atoms with Gasteiger partial charge in [-0.2, -0.15) is 0 Å². The number of benzene rings is 1. The van der Waals surface area contributed by atoms with E-state index in [-0.39, 0.29) is 26.4 Å². The van der Waals surface area contributed by atoms with Crippen molar-refractivity contribution in [3.05, 3.63) is 46.3 Å². The summed E-state index contributed by atoms with van der Waals surface area (Å²) in [6.45, 7) is 19.3. The van der Waals surface area contributed by atoms with E-state index >= 15 is 0 Å². The zero-order chi connectivity index (χ0) is 51.8. The Morgan fingerprint density at radius 1 is 0.644 bits per heavy atom. The second-order valence-corrected chi connectivity index (χ2v) is 20.4. The number of fused-ring (bicyclic) bond motifs is 2. The molecule has 0 spiro atoms. The number of azide groups is 1. The quantitative estimate of drug-likeness (QED) is 0.0297. The zero-order valence-corrected chi connectivity index (χ0v) is 44.9. The van der Waals surface area contributed by atoms with Crippen molar-refractivity contribution in [3.8, 4) is 0 Å². The number of methoxy groups -OCH3 is 1. The number of rotatable bonds is 31. The molecule has 20 nitrogen and oxygen atoms in total. The van der Waals surface area contributed by atoms with Crippen LogP contribution >= 0.6 is 0 Å². The molecular formula is C53H87N3O17. The molecule has 0 radical (unpaired) electrons. The first-order valence-corrected chi connectivity index (χ1v) is 27.4. The summed E-state index contributed by atoms with van der Waals surface area (Å²) in [6.07, 6.45) is -3.52. The summed E-state index contributed by atoms with van der Waals surface area (Å²) in [7, 11) is 1.54. The van der Waals surface area contributed by atoms with E-state index in [1.165, 1.54) is 7.11 Å². The Morgan fingerprint density at radius 3 is 1.96 bits per heavy atom. The van der Waals surface area contributed by atoms with Crippen LogP contribution in [0.25, 0.3) is 10.4 Å². The Balaban J connectivity index is 1.13. The molecule has 0 amide bonds. The molecule has 6 saturated heterocycles. The van der Waals surface area contributed by atoms with Crippen LogP contribution in [0.1, 0.15) is 131 Å². The molecule has 0 bridgehead atoms. The zero-order valence-electron chi connectivity index (χ0n) is 44.9. The van der Waals surface area contributed by atoms with Crippen LogP contribution in [-0.4, -0.2) is 176 Å². The topological polar surface area (TPSA) is 206 Å². The molecule has 6 aliphatic heterocycles. The van der Waals surface area contributed by atoms with E-state index in [4.69, 9.17) is 80.5 Å². The molecule has 73 heavy (non-hydrogen) atoms. The van der Waals surface area contributed by atoms with Crippen molar-refractivity contribution in [2.45, 2.75) is 236 Å². The maximum atomic E-state index is 9.82. The average Bonchev–Trinajstić information content (AvgIpc) is 4.04. The summed E-state index contributed by atoms with van der Waals surface area (Å²) in [5.74, 6) is -1.07. The second kappa shape index (κ2) is 29.0. The lowest BCUT2D eigenvalue weighted by Gasteiger charge is -2.48. The number of unbranched alkanes of at least 4 members (excludes halogenated alkanes) is 5. The Bertz CT molecular complexity index is 1790. The smallest absolute Gasteiger partial charge is 0.187 e. The van der Waals surface area contributed by atoms with Gasteiger partial charge in [0.25, 0.3) is 0 Å². The number of hydrogen-bond acceptors (Lipinski definition) is 18. The van der Waals surface area contributed by atoms with Gasteiger partial charge in [0.2, 0.25) is 0 Å². The fraction of sp³-hybridized carbons (Fsp3) is 0.887. The minimum atomic E-state index is -1.07. The Morgan fingerprint density at radius 2 is 1.27 bits per heavy atom. The monoisotopic (exact) mass is 1040 g/mol. The fourth-order valence-electron chi connectivity index (χ4n) is 10.1. The van der Waals surface area contributed by atoms with Gasteiger partial charge in [0.05, 0.1) is 50.8 Å². The van der Waals surface area contributed by atoms with Gasteiger partial charge in [-0.05, 0) is 58.4 Å². The molecule has 7 unspecified atom stereocenters. The predicted octanol–water partition coefficient (Wildman–Crippen LogP) is 8.21. The van der Waals surface area contributed by atoms with Gasteiger partial charge < -0.3 is 80.5 Å². The molecule has 18 atom stereocenters. The molecule has 6 heterocycles. The largest absolute Gasteiger partial charge is 0.379 e. The van der Waals surface area contributed by atoms with Gasteiger partial charge >= 0.3 is 0 Å². The Hall–Kier alpha value is -2.15. The van der Waals surface area contributed by atoms with E-state index in [9.17, 15) is 5.53 Å². The van der Waals surface area contributed by atoms with Crippen molar-refractivity contribution in [1.82, 2.24) is 0 Å². The van der Waals surface area contributed by atoms with E-state index in [1.54, 1.807) is 0 Å². The van der Waals surface area contributed by atoms with Crippen molar-refractivity contribution in [3.63, 3.8) is 0 Å². The van der Waals surface area contributed by atoms with Gasteiger partial charge in [0, 0.05) is 50.6 Å². The summed E-state index contributed by atoms with van der Waals surface area (Å²) in [5.41, 5.74) is 9.78. The lowest BCUT2D eigenvalue weighted by Crippen LogP contribution is -2.65. The molecule has 0 N–H and O–H groups in total. The van der Waals surface area contributed by atoms with E-state index in [1.807, 2.05) is 51.1 Å². The molecule has 6 fully saturated rings. The minimum absolute atomic E-state index is 0.139. The van der Waals surface area contributed by atoms with Crippen LogP contribution in [0.15, 0.2) is 35.4 Å². The van der Waals surface area contributed by atoms with Gasteiger partial charge in [0.15, 0.2) is 37.2 Å². The van der Waals surface area contributed by atoms with Crippen LogP contribution in [0.3, 0.4) is 0 Å². The molecular weight excluding hydrogens is 951 g/mol. The third-order valence-corrected chi connectivity index (χ3v) is 14.2. The van der Waals surface area contributed by atoms with Crippen LogP contribution in [0.4, 0.5) is 0 Å². The summed E-state index contributed by atoms with van der Waals surface area (Å²) in [6, 6.07) is 9.07. The average molecular weight is 1040 g/mol. The summed E-state index contributed by atoms with van der Waals surface area (Å²) >= 11 is 0. The molecule has 6 aliphatic rings. The molecule has 0 aromatic heterocycles. The van der Waals surface area contributed by atoms with Crippen molar-refractivity contribution >= 4 is 0 Å². The first-order valence-electron chi connectivity index (χ1n) is 27.4. The minimum Gasteiger partial charge on any atom is -0.379 e. The maximum absolute atomic E-state index is 9.82. The van der Waals surface area contributed by atoms with E-state index in [0.29, 0.717) is 33.0 Å². The number of hydrogen-bond donors (Lipinski definition) is 0. The number of ether oxygens (including phenoxy) is 17. The molecule has 1 aromatic rings. The Labute approximate surface area is 433 Å². The fourth-order valence-corrected chi connectivity index (χ4v) is 10.1. The lowest BCUT2D eigenvalue weighted by molar-refractivity contribution is -0.368. The second-order valence-electron chi connectivity index (χ2n) is 20.4. The van der Waals surface area contributed by atoms with E-state index in [2.05, 4.69) is 44.6 Å². The van der Waals surface area contributed by atoms with Crippen molar-refractivity contribution in [2.75, 3.05) is 66.6 Å². The van der Waals surface area contributed by atoms with E-state index < -0.39 is 116 Å². The van der Waals surface area contributed by atoms with Gasteiger partial charge in [-0.15, -0.1) is 0 Å². The highest BCUT2D eigenvalue weighted by molar-refractivity contribution is 5.18. The first kappa shape index (κ1) is 58.5. The SMILES string of the molecule is CCCCOC[C@H]1O[C@H](OC)C(O[C@@H]2O[C@H](C)[C@H](O[C@@H]3OC[C@@H](OCCCC)C(O[C@@H]4OC[C@]5(COCCCC)O[C@@H](c6ccccc6)OC45)C3OCCCC)C3OC(C)(C)OC32)C(OCCCC)[C@H]1N=[N+]=[N-]. The third-order valence-electron chi connectivity index (χ3n) is 14.2. The molecule has 0 saturated carbocycles. The summed E-state index contributed by atoms with van der Waals surface area (Å²) in [4.78, 5) is 3.21. The predicted molar refractivity (Wildman–Crippen MR) is 264 cm³/mol. The molecule has 0 aliphatic carbocycles. The van der Waals surface area contributed by atoms with Crippen molar-refractivity contribution < 1.29 is 80.5 Å². The van der Waals surface area contributed by atoms with E-state index in [0.717, 1.165) is 69.8 Å². The summed E-state index contributed by atoms with van der Waals surface area (Å²) < 4.78 is 112. The van der Waals surface area contributed by atoms with Gasteiger partial charge in [0.1, 0.15) is 54.4 Å².